The highest BCUT2D eigenvalue weighted by atomic mass is 16.5. The average Bonchev–Trinajstić information content (AvgIpc) is 3.11. The molecule has 0 bridgehead atoms. The van der Waals surface area contributed by atoms with Crippen LogP contribution in [0.1, 0.15) is 64.0 Å². The van der Waals surface area contributed by atoms with Crippen molar-refractivity contribution in [3.8, 4) is 11.1 Å². The average molecular weight is 467 g/mol. The smallest absolute Gasteiger partial charge is 0.407 e. The minimum atomic E-state index is -1.09. The number of aliphatic carboxylic acids is 1. The predicted octanol–water partition coefficient (Wildman–Crippen LogP) is 4.70. The van der Waals surface area contributed by atoms with Crippen LogP contribution in [0.15, 0.2) is 48.5 Å². The van der Waals surface area contributed by atoms with Crippen molar-refractivity contribution in [1.82, 2.24) is 10.6 Å². The van der Waals surface area contributed by atoms with E-state index in [0.29, 0.717) is 12.8 Å². The lowest BCUT2D eigenvalue weighted by Gasteiger charge is -2.31. The van der Waals surface area contributed by atoms with Gasteiger partial charge < -0.3 is 20.5 Å². The van der Waals surface area contributed by atoms with Gasteiger partial charge in [-0.2, -0.15) is 0 Å². The molecule has 0 aliphatic heterocycles. The van der Waals surface area contributed by atoms with Crippen LogP contribution in [0, 0.1) is 5.41 Å². The van der Waals surface area contributed by atoms with Gasteiger partial charge in [0.05, 0.1) is 0 Å². The summed E-state index contributed by atoms with van der Waals surface area (Å²) in [4.78, 5) is 37.3. The molecule has 34 heavy (non-hydrogen) atoms. The fraction of sp³-hybridized carbons (Fsp3) is 0.444. The monoisotopic (exact) mass is 466 g/mol. The van der Waals surface area contributed by atoms with Crippen LogP contribution in [0.2, 0.25) is 0 Å². The molecule has 0 aromatic heterocycles. The third-order valence-corrected chi connectivity index (χ3v) is 6.20. The van der Waals surface area contributed by atoms with Crippen molar-refractivity contribution in [1.29, 1.82) is 0 Å². The Morgan fingerprint density at radius 3 is 2.03 bits per heavy atom. The fourth-order valence-corrected chi connectivity index (χ4v) is 4.35. The highest BCUT2D eigenvalue weighted by Crippen LogP contribution is 2.44. The van der Waals surface area contributed by atoms with E-state index < -0.39 is 35.5 Å². The molecular weight excluding hydrogens is 432 g/mol. The van der Waals surface area contributed by atoms with Gasteiger partial charge in [0.2, 0.25) is 5.91 Å². The number of ether oxygens (including phenoxy) is 1. The number of benzene rings is 2. The summed E-state index contributed by atoms with van der Waals surface area (Å²) in [6.45, 7) is 7.51. The van der Waals surface area contributed by atoms with Crippen LogP contribution < -0.4 is 10.6 Å². The molecule has 0 saturated heterocycles. The third kappa shape index (κ3) is 5.76. The third-order valence-electron chi connectivity index (χ3n) is 6.20. The number of amides is 2. The van der Waals surface area contributed by atoms with Gasteiger partial charge in [-0.05, 0) is 34.1 Å². The minimum Gasteiger partial charge on any atom is -0.480 e. The zero-order chi connectivity index (χ0) is 24.9. The van der Waals surface area contributed by atoms with Crippen LogP contribution in [0.25, 0.3) is 11.1 Å². The number of carboxylic acid groups (broad SMARTS) is 1. The maximum absolute atomic E-state index is 12.9. The number of nitrogens with one attached hydrogen (secondary N) is 2. The number of alkyl carbamates (subject to hydrolysis) is 1. The van der Waals surface area contributed by atoms with Crippen molar-refractivity contribution >= 4 is 18.0 Å². The summed E-state index contributed by atoms with van der Waals surface area (Å²) in [5.41, 5.74) is 3.81. The molecule has 2 aromatic rings. The Kier molecular flexibility index (Phi) is 7.97. The van der Waals surface area contributed by atoms with E-state index in [1.54, 1.807) is 0 Å². The van der Waals surface area contributed by atoms with Gasteiger partial charge in [-0.15, -0.1) is 0 Å². The second-order valence-corrected chi connectivity index (χ2v) is 9.81. The molecule has 0 saturated carbocycles. The van der Waals surface area contributed by atoms with Crippen LogP contribution in [0.5, 0.6) is 0 Å². The van der Waals surface area contributed by atoms with Gasteiger partial charge in [0.1, 0.15) is 18.7 Å². The van der Waals surface area contributed by atoms with Gasteiger partial charge in [-0.1, -0.05) is 89.1 Å². The molecule has 3 N–H and O–H groups in total. The number of fused-ring (bicyclic) bond motifs is 3. The minimum absolute atomic E-state index is 0.0921. The maximum atomic E-state index is 12.9. The summed E-state index contributed by atoms with van der Waals surface area (Å²) in [6, 6.07) is 14.2. The Bertz CT molecular complexity index is 998. The van der Waals surface area contributed by atoms with Gasteiger partial charge in [0.25, 0.3) is 0 Å². The van der Waals surface area contributed by atoms with Crippen LogP contribution in [0.4, 0.5) is 4.79 Å². The molecule has 0 fully saturated rings. The summed E-state index contributed by atoms with van der Waals surface area (Å²) in [7, 11) is 0. The first-order valence-corrected chi connectivity index (χ1v) is 11.8. The summed E-state index contributed by atoms with van der Waals surface area (Å²) in [5.74, 6) is -1.72. The first-order valence-electron chi connectivity index (χ1n) is 11.8. The molecule has 1 unspecified atom stereocenters. The Morgan fingerprint density at radius 1 is 0.971 bits per heavy atom. The standard InChI is InChI=1S/C27H34N2O5/c1-5-6-15-22(25(31)32)28-24(30)23(27(2,3)4)29-26(33)34-16-21-19-13-9-7-11-17(19)18-12-8-10-14-20(18)21/h7-14,21-23H,5-6,15-16H2,1-4H3,(H,28,30)(H,29,33)(H,31,32)/t22?,23-/m1/s1. The maximum Gasteiger partial charge on any atom is 0.407 e. The largest absolute Gasteiger partial charge is 0.480 e. The zero-order valence-corrected chi connectivity index (χ0v) is 20.3. The Labute approximate surface area is 200 Å². The number of carboxylic acids is 1. The van der Waals surface area contributed by atoms with Crippen molar-refractivity contribution in [2.45, 2.75) is 65.0 Å². The molecule has 2 atom stereocenters. The number of hydrogen-bond acceptors (Lipinski definition) is 4. The van der Waals surface area contributed by atoms with Crippen LogP contribution in [0.3, 0.4) is 0 Å². The highest BCUT2D eigenvalue weighted by Gasteiger charge is 2.36. The van der Waals surface area contributed by atoms with E-state index in [-0.39, 0.29) is 12.5 Å². The quantitative estimate of drug-likeness (QED) is 0.497. The van der Waals surface area contributed by atoms with Crippen molar-refractivity contribution in [3.05, 3.63) is 59.7 Å². The van der Waals surface area contributed by atoms with Gasteiger partial charge in [-0.25, -0.2) is 9.59 Å². The van der Waals surface area contributed by atoms with Gasteiger partial charge in [0.15, 0.2) is 0 Å². The van der Waals surface area contributed by atoms with E-state index >= 15 is 0 Å². The van der Waals surface area contributed by atoms with Gasteiger partial charge in [-0.3, -0.25) is 4.79 Å². The van der Waals surface area contributed by atoms with E-state index in [2.05, 4.69) is 22.8 Å². The van der Waals surface area contributed by atoms with E-state index in [0.717, 1.165) is 28.7 Å². The number of unbranched alkanes of at least 4 members (excludes halogenated alkanes) is 1. The highest BCUT2D eigenvalue weighted by molar-refractivity contribution is 5.90. The number of carbonyl (C=O) groups is 3. The molecule has 0 spiro atoms. The number of hydrogen-bond donors (Lipinski definition) is 3. The molecule has 0 heterocycles. The summed E-state index contributed by atoms with van der Waals surface area (Å²) >= 11 is 0. The lowest BCUT2D eigenvalue weighted by atomic mass is 9.86. The van der Waals surface area contributed by atoms with Gasteiger partial charge in [0, 0.05) is 5.92 Å². The fourth-order valence-electron chi connectivity index (χ4n) is 4.35. The van der Waals surface area contributed by atoms with Crippen LogP contribution in [-0.4, -0.2) is 41.8 Å². The van der Waals surface area contributed by atoms with E-state index in [1.165, 1.54) is 0 Å². The first kappa shape index (κ1) is 25.3. The topological polar surface area (TPSA) is 105 Å². The second-order valence-electron chi connectivity index (χ2n) is 9.81. The molecule has 2 amide bonds. The van der Waals surface area contributed by atoms with Crippen LogP contribution >= 0.6 is 0 Å². The normalized spacial score (nSPS) is 14.5. The van der Waals surface area contributed by atoms with Crippen molar-refractivity contribution in [2.75, 3.05) is 6.61 Å². The molecule has 7 heteroatoms. The summed E-state index contributed by atoms with van der Waals surface area (Å²) < 4.78 is 5.59. The molecule has 0 radical (unpaired) electrons. The molecular formula is C27H34N2O5. The summed E-state index contributed by atoms with van der Waals surface area (Å²) in [5, 5.41) is 14.7. The Hall–Kier alpha value is -3.35. The van der Waals surface area contributed by atoms with Gasteiger partial charge >= 0.3 is 12.1 Å². The molecule has 7 nitrogen and oxygen atoms in total. The second kappa shape index (κ2) is 10.7. The van der Waals surface area contributed by atoms with E-state index in [4.69, 9.17) is 4.74 Å². The lowest BCUT2D eigenvalue weighted by Crippen LogP contribution is -2.56. The number of rotatable bonds is 9. The molecule has 2 aromatic carbocycles. The molecule has 3 rings (SSSR count). The molecule has 182 valence electrons. The van der Waals surface area contributed by atoms with Crippen molar-refractivity contribution < 1.29 is 24.2 Å². The van der Waals surface area contributed by atoms with E-state index in [1.807, 2.05) is 64.1 Å². The van der Waals surface area contributed by atoms with Crippen molar-refractivity contribution in [3.63, 3.8) is 0 Å². The van der Waals surface area contributed by atoms with E-state index in [9.17, 15) is 19.5 Å². The molecule has 1 aliphatic rings. The zero-order valence-electron chi connectivity index (χ0n) is 20.3. The molecule has 1 aliphatic carbocycles. The van der Waals surface area contributed by atoms with Crippen LogP contribution in [-0.2, 0) is 14.3 Å². The first-order chi connectivity index (χ1) is 16.1. The summed E-state index contributed by atoms with van der Waals surface area (Å²) in [6.07, 6.45) is 1.12. The number of carbonyl (C=O) groups excluding carboxylic acids is 2. The lowest BCUT2D eigenvalue weighted by molar-refractivity contribution is -0.142. The SMILES string of the molecule is CCCCC(NC(=O)[C@@H](NC(=O)OCC1c2ccccc2-c2ccccc21)C(C)(C)C)C(=O)O. The Morgan fingerprint density at radius 2 is 1.53 bits per heavy atom. The Balaban J connectivity index is 1.68. The predicted molar refractivity (Wildman–Crippen MR) is 131 cm³/mol. The van der Waals surface area contributed by atoms with Crippen molar-refractivity contribution in [2.24, 2.45) is 5.41 Å².